The molecule has 0 spiro atoms. The Kier molecular flexibility index (Phi) is 5.13. The molecule has 1 rings (SSSR count). The van der Waals surface area contributed by atoms with E-state index in [4.69, 9.17) is 10.5 Å². The first-order valence-electron chi connectivity index (χ1n) is 6.09. The number of methoxy groups -OCH3 is 1. The summed E-state index contributed by atoms with van der Waals surface area (Å²) in [5.41, 5.74) is 5.33. The lowest BCUT2D eigenvalue weighted by molar-refractivity contribution is 0.0824. The van der Waals surface area contributed by atoms with Crippen molar-refractivity contribution in [3.05, 3.63) is 4.88 Å². The first-order chi connectivity index (χ1) is 8.75. The Morgan fingerprint density at radius 2 is 2.16 bits per heavy atom. The van der Waals surface area contributed by atoms with Crippen molar-refractivity contribution >= 4 is 28.2 Å². The number of nitrogens with two attached hydrogens (primary N) is 1. The molecule has 0 atom stereocenters. The molecule has 6 nitrogen and oxygen atoms in total. The summed E-state index contributed by atoms with van der Waals surface area (Å²) in [6.45, 7) is 8.20. The summed E-state index contributed by atoms with van der Waals surface area (Å²) in [5, 5.41) is 6.67. The van der Waals surface area contributed by atoms with Crippen LogP contribution in [0.15, 0.2) is 0 Å². The number of hydrogen-bond donors (Lipinski definition) is 3. The predicted molar refractivity (Wildman–Crippen MR) is 78.7 cm³/mol. The molecule has 108 valence electrons. The van der Waals surface area contributed by atoms with E-state index in [2.05, 4.69) is 15.6 Å². The van der Waals surface area contributed by atoms with Gasteiger partial charge in [0.15, 0.2) is 5.13 Å². The van der Waals surface area contributed by atoms with Gasteiger partial charge in [-0.25, -0.2) is 4.98 Å². The molecule has 1 aromatic heterocycles. The molecule has 0 aliphatic rings. The second-order valence-corrected chi connectivity index (χ2v) is 6.30. The Hall–Kier alpha value is -1.34. The number of rotatable bonds is 6. The molecule has 0 unspecified atom stereocenters. The van der Waals surface area contributed by atoms with E-state index in [-0.39, 0.29) is 17.8 Å². The van der Waals surface area contributed by atoms with Gasteiger partial charge in [0.1, 0.15) is 10.7 Å². The minimum Gasteiger partial charge on any atom is -0.382 e. The number of aromatic nitrogens is 1. The maximum absolute atomic E-state index is 12.2. The largest absolute Gasteiger partial charge is 0.382 e. The second-order valence-electron chi connectivity index (χ2n) is 5.30. The zero-order chi connectivity index (χ0) is 14.6. The number of amides is 1. The van der Waals surface area contributed by atoms with E-state index < -0.39 is 5.54 Å². The van der Waals surface area contributed by atoms with Crippen LogP contribution in [0, 0.1) is 0 Å². The van der Waals surface area contributed by atoms with Gasteiger partial charge in [-0.1, -0.05) is 11.3 Å². The fraction of sp³-hybridized carbons (Fsp3) is 0.667. The first-order valence-corrected chi connectivity index (χ1v) is 6.91. The van der Waals surface area contributed by atoms with Crippen LogP contribution >= 0.6 is 11.3 Å². The summed E-state index contributed by atoms with van der Waals surface area (Å²) >= 11 is 1.25. The Balaban J connectivity index is 2.80. The Labute approximate surface area is 117 Å². The molecule has 0 aliphatic heterocycles. The summed E-state index contributed by atoms with van der Waals surface area (Å²) < 4.78 is 5.06. The highest BCUT2D eigenvalue weighted by Crippen LogP contribution is 2.25. The maximum Gasteiger partial charge on any atom is 0.265 e. The summed E-state index contributed by atoms with van der Waals surface area (Å²) in [7, 11) is 1.60. The van der Waals surface area contributed by atoms with Gasteiger partial charge in [-0.05, 0) is 27.7 Å². The van der Waals surface area contributed by atoms with Gasteiger partial charge in [-0.3, -0.25) is 4.79 Å². The van der Waals surface area contributed by atoms with Crippen molar-refractivity contribution in [2.75, 3.05) is 24.8 Å². The van der Waals surface area contributed by atoms with Gasteiger partial charge < -0.3 is 21.1 Å². The van der Waals surface area contributed by atoms with Crippen molar-refractivity contribution < 1.29 is 9.53 Å². The molecule has 1 amide bonds. The van der Waals surface area contributed by atoms with E-state index in [9.17, 15) is 4.79 Å². The van der Waals surface area contributed by atoms with Gasteiger partial charge in [0.05, 0.1) is 12.1 Å². The summed E-state index contributed by atoms with van der Waals surface area (Å²) in [4.78, 5) is 16.7. The molecule has 0 aromatic carbocycles. The fourth-order valence-electron chi connectivity index (χ4n) is 1.56. The average Bonchev–Trinajstić information content (AvgIpc) is 2.57. The van der Waals surface area contributed by atoms with Crippen LogP contribution in [0.1, 0.15) is 37.4 Å². The van der Waals surface area contributed by atoms with Crippen LogP contribution in [0.5, 0.6) is 0 Å². The van der Waals surface area contributed by atoms with E-state index >= 15 is 0 Å². The van der Waals surface area contributed by atoms with Gasteiger partial charge in [0.25, 0.3) is 5.91 Å². The van der Waals surface area contributed by atoms with Gasteiger partial charge >= 0.3 is 0 Å². The van der Waals surface area contributed by atoms with E-state index in [1.807, 2.05) is 27.7 Å². The van der Waals surface area contributed by atoms with Gasteiger partial charge in [0.2, 0.25) is 0 Å². The fourth-order valence-corrected chi connectivity index (χ4v) is 2.49. The lowest BCUT2D eigenvalue weighted by Gasteiger charge is -2.24. The molecular weight excluding hydrogens is 264 g/mol. The van der Waals surface area contributed by atoms with Crippen molar-refractivity contribution in [3.63, 3.8) is 0 Å². The molecule has 4 N–H and O–H groups in total. The number of thiazole rings is 1. The number of nitrogen functional groups attached to an aromatic ring is 1. The quantitative estimate of drug-likeness (QED) is 0.740. The van der Waals surface area contributed by atoms with E-state index in [1.165, 1.54) is 11.3 Å². The van der Waals surface area contributed by atoms with Crippen molar-refractivity contribution in [1.82, 2.24) is 10.3 Å². The topological polar surface area (TPSA) is 89.3 Å². The molecule has 0 fully saturated rings. The second kappa shape index (κ2) is 6.21. The lowest BCUT2D eigenvalue weighted by Crippen LogP contribution is -2.46. The van der Waals surface area contributed by atoms with Gasteiger partial charge in [0, 0.05) is 13.2 Å². The normalized spacial score (nSPS) is 11.7. The summed E-state index contributed by atoms with van der Waals surface area (Å²) in [6.07, 6.45) is 0. The van der Waals surface area contributed by atoms with Crippen molar-refractivity contribution in [2.24, 2.45) is 0 Å². The van der Waals surface area contributed by atoms with Crippen LogP contribution in [0.4, 0.5) is 10.9 Å². The van der Waals surface area contributed by atoms with Crippen LogP contribution in [-0.2, 0) is 4.74 Å². The van der Waals surface area contributed by atoms with Gasteiger partial charge in [-0.2, -0.15) is 0 Å². The monoisotopic (exact) mass is 286 g/mol. The minimum absolute atomic E-state index is 0.228. The molecule has 0 bridgehead atoms. The van der Waals surface area contributed by atoms with Crippen molar-refractivity contribution in [3.8, 4) is 0 Å². The van der Waals surface area contributed by atoms with Crippen LogP contribution < -0.4 is 16.4 Å². The standard InChI is InChI=1S/C12H22N4O2S/c1-7(2)14-11-15-9(13)8(19-11)10(17)16-12(3,4)6-18-5/h7H,6,13H2,1-5H3,(H,14,15)(H,16,17). The van der Waals surface area contributed by atoms with E-state index in [1.54, 1.807) is 7.11 Å². The SMILES string of the molecule is COCC(C)(C)NC(=O)c1sc(NC(C)C)nc1N. The highest BCUT2D eigenvalue weighted by Gasteiger charge is 2.24. The van der Waals surface area contributed by atoms with Gasteiger partial charge in [-0.15, -0.1) is 0 Å². The first kappa shape index (κ1) is 15.7. The molecule has 0 saturated heterocycles. The molecule has 7 heteroatoms. The molecule has 0 saturated carbocycles. The summed E-state index contributed by atoms with van der Waals surface area (Å²) in [6, 6.07) is 0.242. The zero-order valence-electron chi connectivity index (χ0n) is 12.0. The van der Waals surface area contributed by atoms with Crippen LogP contribution in [-0.4, -0.2) is 36.2 Å². The van der Waals surface area contributed by atoms with Crippen LogP contribution in [0.2, 0.25) is 0 Å². The minimum atomic E-state index is -0.450. The number of anilines is 2. The zero-order valence-corrected chi connectivity index (χ0v) is 12.9. The number of ether oxygens (including phenoxy) is 1. The number of nitrogens with zero attached hydrogens (tertiary/aromatic N) is 1. The third-order valence-electron chi connectivity index (χ3n) is 2.23. The van der Waals surface area contributed by atoms with E-state index in [0.29, 0.717) is 16.6 Å². The lowest BCUT2D eigenvalue weighted by atomic mass is 10.1. The average molecular weight is 286 g/mol. The number of carbonyl (C=O) groups excluding carboxylic acids is 1. The van der Waals surface area contributed by atoms with Crippen molar-refractivity contribution in [2.45, 2.75) is 39.3 Å². The Morgan fingerprint density at radius 3 is 2.68 bits per heavy atom. The Morgan fingerprint density at radius 1 is 1.53 bits per heavy atom. The number of nitrogens with one attached hydrogen (secondary N) is 2. The third-order valence-corrected chi connectivity index (χ3v) is 3.23. The predicted octanol–water partition coefficient (Wildman–Crippen LogP) is 1.70. The molecular formula is C12H22N4O2S. The molecule has 0 radical (unpaired) electrons. The maximum atomic E-state index is 12.2. The highest BCUT2D eigenvalue weighted by atomic mass is 32.1. The highest BCUT2D eigenvalue weighted by molar-refractivity contribution is 7.18. The van der Waals surface area contributed by atoms with E-state index in [0.717, 1.165) is 0 Å². The Bertz CT molecular complexity index is 443. The number of hydrogen-bond acceptors (Lipinski definition) is 6. The van der Waals surface area contributed by atoms with Crippen LogP contribution in [0.25, 0.3) is 0 Å². The molecule has 1 heterocycles. The number of carbonyl (C=O) groups is 1. The molecule has 1 aromatic rings. The third kappa shape index (κ3) is 4.68. The molecule has 19 heavy (non-hydrogen) atoms. The summed E-state index contributed by atoms with van der Waals surface area (Å²) in [5.74, 6) is 0.0210. The van der Waals surface area contributed by atoms with Crippen LogP contribution in [0.3, 0.4) is 0 Å². The van der Waals surface area contributed by atoms with Crippen molar-refractivity contribution in [1.29, 1.82) is 0 Å². The smallest absolute Gasteiger partial charge is 0.265 e. The molecule has 0 aliphatic carbocycles.